The van der Waals surface area contributed by atoms with Crippen LogP contribution in [-0.2, 0) is 28.6 Å². The van der Waals surface area contributed by atoms with Gasteiger partial charge in [-0.25, -0.2) is 0 Å². The van der Waals surface area contributed by atoms with E-state index in [2.05, 4.69) is 154 Å². The highest BCUT2D eigenvalue weighted by atomic mass is 16.6. The molecular formula is C65H104O6. The van der Waals surface area contributed by atoms with Gasteiger partial charge in [-0.1, -0.05) is 219 Å². The van der Waals surface area contributed by atoms with Gasteiger partial charge in [0, 0.05) is 19.3 Å². The lowest BCUT2D eigenvalue weighted by Gasteiger charge is -2.18. The minimum atomic E-state index is -0.817. The van der Waals surface area contributed by atoms with Gasteiger partial charge in [-0.15, -0.1) is 0 Å². The summed E-state index contributed by atoms with van der Waals surface area (Å²) in [4.78, 5) is 38.2. The average Bonchev–Trinajstić information content (AvgIpc) is 3.37. The largest absolute Gasteiger partial charge is 0.462 e. The van der Waals surface area contributed by atoms with Gasteiger partial charge in [0.25, 0.3) is 0 Å². The van der Waals surface area contributed by atoms with E-state index in [4.69, 9.17) is 14.2 Å². The zero-order chi connectivity index (χ0) is 51.4. The van der Waals surface area contributed by atoms with E-state index in [1.165, 1.54) is 64.2 Å². The average molecular weight is 982 g/mol. The fraction of sp³-hybridized carbons (Fsp3) is 0.615. The van der Waals surface area contributed by atoms with E-state index in [9.17, 15) is 14.4 Å². The Morgan fingerprint density at radius 1 is 0.296 bits per heavy atom. The molecule has 0 aliphatic heterocycles. The monoisotopic (exact) mass is 981 g/mol. The molecule has 0 saturated carbocycles. The Labute approximate surface area is 436 Å². The van der Waals surface area contributed by atoms with Crippen molar-refractivity contribution in [1.82, 2.24) is 0 Å². The van der Waals surface area contributed by atoms with Gasteiger partial charge in [0.1, 0.15) is 13.2 Å². The van der Waals surface area contributed by atoms with Crippen molar-refractivity contribution in [2.24, 2.45) is 0 Å². The molecule has 0 unspecified atom stereocenters. The maximum Gasteiger partial charge on any atom is 0.306 e. The summed E-state index contributed by atoms with van der Waals surface area (Å²) in [5.41, 5.74) is 0. The van der Waals surface area contributed by atoms with Crippen LogP contribution < -0.4 is 0 Å². The molecule has 0 spiro atoms. The van der Waals surface area contributed by atoms with Crippen molar-refractivity contribution in [3.05, 3.63) is 134 Å². The summed E-state index contributed by atoms with van der Waals surface area (Å²) >= 11 is 0. The molecule has 0 N–H and O–H groups in total. The molecule has 71 heavy (non-hydrogen) atoms. The molecule has 0 amide bonds. The second-order valence-corrected chi connectivity index (χ2v) is 18.4. The zero-order valence-electron chi connectivity index (χ0n) is 45.7. The fourth-order valence-electron chi connectivity index (χ4n) is 7.37. The molecule has 0 aliphatic rings. The van der Waals surface area contributed by atoms with Crippen molar-refractivity contribution < 1.29 is 28.6 Å². The first-order valence-corrected chi connectivity index (χ1v) is 28.7. The number of esters is 3. The number of rotatable bonds is 50. The predicted octanol–water partition coefficient (Wildman–Crippen LogP) is 19.4. The number of carbonyl (C=O) groups excluding carboxylic acids is 3. The molecule has 0 radical (unpaired) electrons. The Hall–Kier alpha value is -4.45. The minimum absolute atomic E-state index is 0.109. The Kier molecular flexibility index (Phi) is 54.5. The van der Waals surface area contributed by atoms with E-state index < -0.39 is 6.10 Å². The fourth-order valence-corrected chi connectivity index (χ4v) is 7.37. The highest BCUT2D eigenvalue weighted by Crippen LogP contribution is 2.13. The van der Waals surface area contributed by atoms with E-state index in [0.717, 1.165) is 128 Å². The molecule has 0 heterocycles. The van der Waals surface area contributed by atoms with Gasteiger partial charge in [-0.2, -0.15) is 0 Å². The number of hydrogen-bond acceptors (Lipinski definition) is 6. The summed E-state index contributed by atoms with van der Waals surface area (Å²) in [7, 11) is 0. The van der Waals surface area contributed by atoms with E-state index >= 15 is 0 Å². The lowest BCUT2D eigenvalue weighted by Crippen LogP contribution is -2.30. The Balaban J connectivity index is 4.55. The second kappa shape index (κ2) is 58.1. The zero-order valence-corrected chi connectivity index (χ0v) is 45.7. The SMILES string of the molecule is CC/C=C/C/C=C/C/C=C/C/C=C/C/C=C/CCCCCC(=O)OC[C@@H](COC(=O)CCCCCCCCC/C=C/CCCCCC)OC(=O)CCCCC/C=C/C/C=C/C/C=C/C/C=C/C/C=C/CC. The summed E-state index contributed by atoms with van der Waals surface area (Å²) in [6.45, 7) is 6.33. The minimum Gasteiger partial charge on any atom is -0.462 e. The van der Waals surface area contributed by atoms with Crippen molar-refractivity contribution in [3.8, 4) is 0 Å². The molecular weight excluding hydrogens is 877 g/mol. The molecule has 0 bridgehead atoms. The first kappa shape index (κ1) is 66.6. The number of carbonyl (C=O) groups is 3. The van der Waals surface area contributed by atoms with Crippen LogP contribution in [0.4, 0.5) is 0 Å². The van der Waals surface area contributed by atoms with Gasteiger partial charge in [0.2, 0.25) is 0 Å². The molecule has 0 aliphatic carbocycles. The van der Waals surface area contributed by atoms with Crippen LogP contribution in [0, 0.1) is 0 Å². The summed E-state index contributed by atoms with van der Waals surface area (Å²) in [6, 6.07) is 0. The van der Waals surface area contributed by atoms with Crippen LogP contribution in [0.15, 0.2) is 134 Å². The van der Waals surface area contributed by atoms with Crippen LogP contribution in [0.2, 0.25) is 0 Å². The van der Waals surface area contributed by atoms with Crippen LogP contribution in [0.25, 0.3) is 0 Å². The third-order valence-corrected chi connectivity index (χ3v) is 11.6. The van der Waals surface area contributed by atoms with E-state index in [0.29, 0.717) is 19.3 Å². The first-order valence-electron chi connectivity index (χ1n) is 28.7. The van der Waals surface area contributed by atoms with Crippen molar-refractivity contribution in [1.29, 1.82) is 0 Å². The van der Waals surface area contributed by atoms with E-state index in [-0.39, 0.29) is 37.5 Å². The number of unbranched alkanes of at least 4 members (excludes halogenated alkanes) is 17. The highest BCUT2D eigenvalue weighted by Gasteiger charge is 2.19. The summed E-state index contributed by atoms with van der Waals surface area (Å²) in [5.74, 6) is -0.983. The van der Waals surface area contributed by atoms with Crippen molar-refractivity contribution >= 4 is 17.9 Å². The van der Waals surface area contributed by atoms with Gasteiger partial charge < -0.3 is 14.2 Å². The Bertz CT molecular complexity index is 1550. The Morgan fingerprint density at radius 3 is 0.887 bits per heavy atom. The molecule has 0 saturated heterocycles. The van der Waals surface area contributed by atoms with Crippen LogP contribution in [0.3, 0.4) is 0 Å². The smallest absolute Gasteiger partial charge is 0.306 e. The topological polar surface area (TPSA) is 78.9 Å². The molecule has 1 atom stereocenters. The predicted molar refractivity (Wildman–Crippen MR) is 306 cm³/mol. The molecule has 0 aromatic carbocycles. The van der Waals surface area contributed by atoms with Crippen molar-refractivity contribution in [2.75, 3.05) is 13.2 Å². The normalized spacial score (nSPS) is 13.1. The van der Waals surface area contributed by atoms with Crippen LogP contribution in [-0.4, -0.2) is 37.2 Å². The molecule has 0 fully saturated rings. The molecule has 6 nitrogen and oxygen atoms in total. The quantitative estimate of drug-likeness (QED) is 0.0262. The van der Waals surface area contributed by atoms with Gasteiger partial charge >= 0.3 is 17.9 Å². The third-order valence-electron chi connectivity index (χ3n) is 11.6. The van der Waals surface area contributed by atoms with Gasteiger partial charge in [-0.3, -0.25) is 14.4 Å². The van der Waals surface area contributed by atoms with E-state index in [1.54, 1.807) is 0 Å². The molecule has 0 aromatic rings. The number of hydrogen-bond donors (Lipinski definition) is 0. The summed E-state index contributed by atoms with van der Waals surface area (Å²) in [6.07, 6.45) is 81.5. The Morgan fingerprint density at radius 2 is 0.549 bits per heavy atom. The highest BCUT2D eigenvalue weighted by molar-refractivity contribution is 5.71. The van der Waals surface area contributed by atoms with Crippen LogP contribution >= 0.6 is 0 Å². The first-order chi connectivity index (χ1) is 35.0. The van der Waals surface area contributed by atoms with Crippen molar-refractivity contribution in [2.45, 2.75) is 245 Å². The number of allylic oxidation sites excluding steroid dienone is 22. The van der Waals surface area contributed by atoms with Gasteiger partial charge in [-0.05, 0) is 135 Å². The lowest BCUT2D eigenvalue weighted by molar-refractivity contribution is -0.167. The second-order valence-electron chi connectivity index (χ2n) is 18.4. The van der Waals surface area contributed by atoms with Crippen LogP contribution in [0.1, 0.15) is 239 Å². The lowest BCUT2D eigenvalue weighted by atomic mass is 10.1. The number of ether oxygens (including phenoxy) is 3. The summed E-state index contributed by atoms with van der Waals surface area (Å²) < 4.78 is 16.8. The van der Waals surface area contributed by atoms with Crippen LogP contribution in [0.5, 0.6) is 0 Å². The van der Waals surface area contributed by atoms with Gasteiger partial charge in [0.05, 0.1) is 0 Å². The van der Waals surface area contributed by atoms with Gasteiger partial charge in [0.15, 0.2) is 6.10 Å². The summed E-state index contributed by atoms with van der Waals surface area (Å²) in [5, 5.41) is 0. The van der Waals surface area contributed by atoms with Crippen molar-refractivity contribution in [3.63, 3.8) is 0 Å². The molecule has 0 aromatic heterocycles. The molecule has 6 heteroatoms. The maximum absolute atomic E-state index is 12.9. The molecule has 400 valence electrons. The molecule has 0 rings (SSSR count). The maximum atomic E-state index is 12.9. The third kappa shape index (κ3) is 56.3. The standard InChI is InChI=1S/C65H104O6/c1-4-7-10-13-16-19-22-25-28-30-32-34-37-40-43-46-49-52-55-58-64(67)70-61-62(60-69-63(66)57-54-51-48-45-42-39-36-27-24-21-18-15-12-9-6-3)71-65(68)59-56-53-50-47-44-41-38-35-33-31-29-26-23-20-17-14-11-8-5-2/h7-8,10-11,16-17,19-21,24-26,28-29,32-35,40-41,43-44,62H,4-6,9,12-15,18,22-23,27,30-31,36-39,42,45-61H2,1-3H3/b10-7+,11-8+,19-16+,20-17+,24-21+,28-25+,29-26+,34-32+,35-33+,43-40+,44-41+/t62-/m1/s1. The van der Waals surface area contributed by atoms with E-state index in [1.807, 2.05) is 0 Å².